The van der Waals surface area contributed by atoms with Gasteiger partial charge in [0.05, 0.1) is 0 Å². The minimum Gasteiger partial charge on any atom is -0.384 e. The van der Waals surface area contributed by atoms with Gasteiger partial charge in [-0.25, -0.2) is 0 Å². The van der Waals surface area contributed by atoms with Crippen LogP contribution in [0.1, 0.15) is 33.1 Å². The van der Waals surface area contributed by atoms with Gasteiger partial charge in [-0.2, -0.15) is 0 Å². The summed E-state index contributed by atoms with van der Waals surface area (Å²) < 4.78 is 5.22. The lowest BCUT2D eigenvalue weighted by Crippen LogP contribution is -2.43. The highest BCUT2D eigenvalue weighted by atomic mass is 16.5. The first-order valence-corrected chi connectivity index (χ1v) is 6.71. The van der Waals surface area contributed by atoms with Crippen LogP contribution >= 0.6 is 0 Å². The van der Waals surface area contributed by atoms with Crippen molar-refractivity contribution in [2.45, 2.75) is 39.2 Å². The third-order valence-corrected chi connectivity index (χ3v) is 3.38. The van der Waals surface area contributed by atoms with Crippen molar-refractivity contribution >= 4 is 0 Å². The van der Waals surface area contributed by atoms with E-state index in [4.69, 9.17) is 4.74 Å². The molecule has 1 N–H and O–H groups in total. The highest BCUT2D eigenvalue weighted by Crippen LogP contribution is 2.17. The molecule has 0 bridgehead atoms. The quantitative estimate of drug-likeness (QED) is 0.718. The first kappa shape index (κ1) is 13.9. The van der Waals surface area contributed by atoms with Crippen molar-refractivity contribution in [2.24, 2.45) is 5.92 Å². The van der Waals surface area contributed by atoms with Crippen LogP contribution in [0, 0.1) is 5.92 Å². The highest BCUT2D eigenvalue weighted by molar-refractivity contribution is 4.75. The zero-order chi connectivity index (χ0) is 11.8. The summed E-state index contributed by atoms with van der Waals surface area (Å²) in [6.45, 7) is 10.3. The van der Waals surface area contributed by atoms with E-state index < -0.39 is 0 Å². The summed E-state index contributed by atoms with van der Waals surface area (Å²) in [7, 11) is 1.81. The maximum absolute atomic E-state index is 5.22. The first-order chi connectivity index (χ1) is 7.76. The van der Waals surface area contributed by atoms with Crippen LogP contribution in [-0.2, 0) is 4.74 Å². The molecular weight excluding hydrogens is 200 g/mol. The molecule has 0 aliphatic carbocycles. The average Bonchev–Trinajstić information content (AvgIpc) is 2.29. The molecule has 0 spiro atoms. The summed E-state index contributed by atoms with van der Waals surface area (Å²) in [5.41, 5.74) is 0. The molecule has 1 saturated heterocycles. The topological polar surface area (TPSA) is 24.5 Å². The van der Waals surface area contributed by atoms with E-state index in [9.17, 15) is 0 Å². The van der Waals surface area contributed by atoms with Crippen LogP contribution < -0.4 is 5.32 Å². The fourth-order valence-corrected chi connectivity index (χ4v) is 2.41. The molecule has 1 rings (SSSR count). The molecule has 1 fully saturated rings. The Morgan fingerprint density at radius 1 is 1.38 bits per heavy atom. The van der Waals surface area contributed by atoms with Crippen molar-refractivity contribution in [3.8, 4) is 0 Å². The molecule has 0 radical (unpaired) electrons. The number of hydrogen-bond donors (Lipinski definition) is 1. The maximum atomic E-state index is 5.22. The van der Waals surface area contributed by atoms with Crippen molar-refractivity contribution in [3.63, 3.8) is 0 Å². The molecule has 3 heteroatoms. The monoisotopic (exact) mass is 228 g/mol. The number of ether oxygens (including phenoxy) is 1. The molecular formula is C13H28N2O. The minimum atomic E-state index is 0.624. The van der Waals surface area contributed by atoms with Crippen LogP contribution in [-0.4, -0.2) is 50.8 Å². The third-order valence-electron chi connectivity index (χ3n) is 3.38. The van der Waals surface area contributed by atoms with E-state index in [1.807, 2.05) is 7.11 Å². The third kappa shape index (κ3) is 5.28. The molecule has 0 saturated carbocycles. The Morgan fingerprint density at radius 2 is 2.06 bits per heavy atom. The number of nitrogens with one attached hydrogen (secondary N) is 1. The lowest BCUT2D eigenvalue weighted by Gasteiger charge is -2.33. The van der Waals surface area contributed by atoms with Gasteiger partial charge in [0, 0.05) is 26.3 Å². The van der Waals surface area contributed by atoms with E-state index in [2.05, 4.69) is 24.1 Å². The summed E-state index contributed by atoms with van der Waals surface area (Å²) in [6, 6.07) is 0.624. The number of hydrogen-bond acceptors (Lipinski definition) is 3. The molecule has 1 heterocycles. The molecule has 1 atom stereocenters. The Balaban J connectivity index is 2.11. The van der Waals surface area contributed by atoms with Gasteiger partial charge in [-0.15, -0.1) is 0 Å². The van der Waals surface area contributed by atoms with Crippen LogP contribution in [0.3, 0.4) is 0 Å². The average molecular weight is 228 g/mol. The Hall–Kier alpha value is -0.120. The van der Waals surface area contributed by atoms with Crippen LogP contribution in [0.15, 0.2) is 0 Å². The van der Waals surface area contributed by atoms with Gasteiger partial charge in [-0.05, 0) is 51.7 Å². The fraction of sp³-hybridized carbons (Fsp3) is 1.00. The van der Waals surface area contributed by atoms with Gasteiger partial charge in [0.15, 0.2) is 0 Å². The Bertz CT molecular complexity index is 167. The van der Waals surface area contributed by atoms with Crippen molar-refractivity contribution < 1.29 is 4.74 Å². The molecule has 1 aliphatic rings. The lowest BCUT2D eigenvalue weighted by molar-refractivity contribution is 0.0961. The van der Waals surface area contributed by atoms with E-state index >= 15 is 0 Å². The molecule has 1 aliphatic heterocycles. The van der Waals surface area contributed by atoms with E-state index in [1.165, 1.54) is 38.9 Å². The van der Waals surface area contributed by atoms with Gasteiger partial charge in [0.1, 0.15) is 0 Å². The van der Waals surface area contributed by atoms with Gasteiger partial charge in [0.2, 0.25) is 0 Å². The number of methoxy groups -OCH3 is 1. The molecule has 0 aromatic rings. The SMILES string of the molecule is CCCNC(C)CN1CCC(COC)CC1. The van der Waals surface area contributed by atoms with Gasteiger partial charge in [-0.1, -0.05) is 6.92 Å². The van der Waals surface area contributed by atoms with Crippen LogP contribution in [0.25, 0.3) is 0 Å². The smallest absolute Gasteiger partial charge is 0.0491 e. The largest absolute Gasteiger partial charge is 0.384 e. The molecule has 0 aromatic heterocycles. The summed E-state index contributed by atoms with van der Waals surface area (Å²) >= 11 is 0. The van der Waals surface area contributed by atoms with Crippen molar-refractivity contribution in [3.05, 3.63) is 0 Å². The predicted molar refractivity (Wildman–Crippen MR) is 68.8 cm³/mol. The zero-order valence-electron chi connectivity index (χ0n) is 11.2. The molecule has 3 nitrogen and oxygen atoms in total. The van der Waals surface area contributed by atoms with Gasteiger partial charge < -0.3 is 15.0 Å². The standard InChI is InChI=1S/C13H28N2O/c1-4-7-14-12(2)10-15-8-5-13(6-9-15)11-16-3/h12-14H,4-11H2,1-3H3. The molecule has 16 heavy (non-hydrogen) atoms. The van der Waals surface area contributed by atoms with Crippen LogP contribution in [0.2, 0.25) is 0 Å². The second-order valence-electron chi connectivity index (χ2n) is 5.05. The van der Waals surface area contributed by atoms with E-state index in [0.29, 0.717) is 6.04 Å². The van der Waals surface area contributed by atoms with Gasteiger partial charge in [0.25, 0.3) is 0 Å². The fourth-order valence-electron chi connectivity index (χ4n) is 2.41. The number of piperidine rings is 1. The predicted octanol–water partition coefficient (Wildman–Crippen LogP) is 1.73. The summed E-state index contributed by atoms with van der Waals surface area (Å²) in [5, 5.41) is 3.55. The summed E-state index contributed by atoms with van der Waals surface area (Å²) in [6.07, 6.45) is 3.82. The highest BCUT2D eigenvalue weighted by Gasteiger charge is 2.19. The maximum Gasteiger partial charge on any atom is 0.0491 e. The van der Waals surface area contributed by atoms with E-state index in [1.54, 1.807) is 0 Å². The van der Waals surface area contributed by atoms with Crippen molar-refractivity contribution in [1.82, 2.24) is 10.2 Å². The Labute approximate surface area is 101 Å². The van der Waals surface area contributed by atoms with Crippen molar-refractivity contribution in [2.75, 3.05) is 39.9 Å². The number of rotatable bonds is 7. The number of nitrogens with zero attached hydrogens (tertiary/aromatic N) is 1. The second-order valence-corrected chi connectivity index (χ2v) is 5.05. The van der Waals surface area contributed by atoms with E-state index in [0.717, 1.165) is 19.1 Å². The van der Waals surface area contributed by atoms with Crippen LogP contribution in [0.4, 0.5) is 0 Å². The minimum absolute atomic E-state index is 0.624. The zero-order valence-corrected chi connectivity index (χ0v) is 11.2. The number of likely N-dealkylation sites (tertiary alicyclic amines) is 1. The Morgan fingerprint density at radius 3 is 2.62 bits per heavy atom. The van der Waals surface area contributed by atoms with Crippen molar-refractivity contribution in [1.29, 1.82) is 0 Å². The lowest BCUT2D eigenvalue weighted by atomic mass is 9.97. The summed E-state index contributed by atoms with van der Waals surface area (Å²) in [5.74, 6) is 0.792. The van der Waals surface area contributed by atoms with Crippen LogP contribution in [0.5, 0.6) is 0 Å². The summed E-state index contributed by atoms with van der Waals surface area (Å²) in [4.78, 5) is 2.58. The second kappa shape index (κ2) is 8.04. The normalized spacial score (nSPS) is 21.2. The molecule has 1 unspecified atom stereocenters. The van der Waals surface area contributed by atoms with Gasteiger partial charge >= 0.3 is 0 Å². The van der Waals surface area contributed by atoms with Gasteiger partial charge in [-0.3, -0.25) is 0 Å². The molecule has 0 amide bonds. The Kier molecular flexibility index (Phi) is 7.01. The first-order valence-electron chi connectivity index (χ1n) is 6.71. The van der Waals surface area contributed by atoms with E-state index in [-0.39, 0.29) is 0 Å². The molecule has 96 valence electrons. The molecule has 0 aromatic carbocycles.